The van der Waals surface area contributed by atoms with Crippen LogP contribution < -0.4 is 5.32 Å². The predicted molar refractivity (Wildman–Crippen MR) is 78.1 cm³/mol. The molecular formula is C15H24N4. The van der Waals surface area contributed by atoms with Gasteiger partial charge in [-0.15, -0.1) is 0 Å². The maximum Gasteiger partial charge on any atom is 0.0945 e. The van der Waals surface area contributed by atoms with Gasteiger partial charge in [0, 0.05) is 43.9 Å². The van der Waals surface area contributed by atoms with Crippen molar-refractivity contribution >= 4 is 0 Å². The lowest BCUT2D eigenvalue weighted by Crippen LogP contribution is -2.15. The minimum Gasteiger partial charge on any atom is -0.352 e. The maximum atomic E-state index is 4.04. The van der Waals surface area contributed by atoms with E-state index in [4.69, 9.17) is 0 Å². The van der Waals surface area contributed by atoms with Crippen LogP contribution in [0.5, 0.6) is 0 Å². The topological polar surface area (TPSA) is 34.8 Å². The molecule has 0 aliphatic carbocycles. The smallest absolute Gasteiger partial charge is 0.0945 e. The van der Waals surface area contributed by atoms with Crippen molar-refractivity contribution in [1.29, 1.82) is 0 Å². The molecule has 0 aliphatic rings. The lowest BCUT2D eigenvalue weighted by molar-refractivity contribution is 0.567. The van der Waals surface area contributed by atoms with Gasteiger partial charge in [0.2, 0.25) is 0 Å². The van der Waals surface area contributed by atoms with E-state index < -0.39 is 0 Å². The summed E-state index contributed by atoms with van der Waals surface area (Å²) >= 11 is 0. The normalized spacial score (nSPS) is 11.1. The van der Waals surface area contributed by atoms with Crippen LogP contribution in [0.4, 0.5) is 0 Å². The Kier molecular flexibility index (Phi) is 4.80. The van der Waals surface area contributed by atoms with Crippen LogP contribution in [0.1, 0.15) is 29.8 Å². The molecule has 0 atom stereocenters. The average Bonchev–Trinajstić information content (AvgIpc) is 2.99. The van der Waals surface area contributed by atoms with Crippen molar-refractivity contribution in [1.82, 2.24) is 19.4 Å². The Balaban J connectivity index is 1.63. The number of nitrogens with one attached hydrogen (secondary N) is 1. The Morgan fingerprint density at radius 2 is 2.11 bits per heavy atom. The number of imidazole rings is 1. The highest BCUT2D eigenvalue weighted by Gasteiger charge is 2.04. The van der Waals surface area contributed by atoms with Crippen molar-refractivity contribution in [2.75, 3.05) is 6.54 Å². The first-order valence-electron chi connectivity index (χ1n) is 6.96. The molecule has 0 spiro atoms. The van der Waals surface area contributed by atoms with E-state index in [-0.39, 0.29) is 0 Å². The molecule has 0 aliphatic heterocycles. The summed E-state index contributed by atoms with van der Waals surface area (Å²) in [5.74, 6) is 0. The van der Waals surface area contributed by atoms with Crippen molar-refractivity contribution in [3.8, 4) is 0 Å². The van der Waals surface area contributed by atoms with Crippen LogP contribution in [-0.4, -0.2) is 20.7 Å². The lowest BCUT2D eigenvalue weighted by Gasteiger charge is -2.06. The van der Waals surface area contributed by atoms with Crippen molar-refractivity contribution in [3.05, 3.63) is 41.7 Å². The standard InChI is InChI=1S/C15H24N4/c1-13-10-15(14(2)18(13)3)11-16-6-4-5-8-19-9-7-17-12-19/h7,9-10,12,16H,4-6,8,11H2,1-3H3. The zero-order valence-corrected chi connectivity index (χ0v) is 12.2. The molecule has 19 heavy (non-hydrogen) atoms. The van der Waals surface area contributed by atoms with E-state index in [1.807, 2.05) is 18.7 Å². The van der Waals surface area contributed by atoms with Gasteiger partial charge in [0.1, 0.15) is 0 Å². The first kappa shape index (κ1) is 13.9. The third-order valence-corrected chi connectivity index (χ3v) is 3.77. The fourth-order valence-electron chi connectivity index (χ4n) is 2.30. The van der Waals surface area contributed by atoms with Crippen molar-refractivity contribution in [2.45, 2.75) is 39.8 Å². The first-order chi connectivity index (χ1) is 9.18. The zero-order chi connectivity index (χ0) is 13.7. The van der Waals surface area contributed by atoms with Crippen molar-refractivity contribution in [2.24, 2.45) is 7.05 Å². The summed E-state index contributed by atoms with van der Waals surface area (Å²) in [4.78, 5) is 4.04. The van der Waals surface area contributed by atoms with Gasteiger partial charge in [-0.25, -0.2) is 4.98 Å². The number of unbranched alkanes of at least 4 members (excludes halogenated alkanes) is 1. The molecule has 104 valence electrons. The maximum absolute atomic E-state index is 4.04. The van der Waals surface area contributed by atoms with Gasteiger partial charge in [-0.3, -0.25) is 0 Å². The van der Waals surface area contributed by atoms with Crippen LogP contribution in [0, 0.1) is 13.8 Å². The van der Waals surface area contributed by atoms with E-state index in [0.717, 1.165) is 19.6 Å². The summed E-state index contributed by atoms with van der Waals surface area (Å²) in [5, 5.41) is 3.52. The van der Waals surface area contributed by atoms with E-state index in [2.05, 4.69) is 46.4 Å². The van der Waals surface area contributed by atoms with Crippen LogP contribution in [0.2, 0.25) is 0 Å². The summed E-state index contributed by atoms with van der Waals surface area (Å²) in [5.41, 5.74) is 4.10. The van der Waals surface area contributed by atoms with Gasteiger partial charge >= 0.3 is 0 Å². The van der Waals surface area contributed by atoms with Crippen LogP contribution in [0.3, 0.4) is 0 Å². The van der Waals surface area contributed by atoms with Gasteiger partial charge in [-0.1, -0.05) is 0 Å². The molecule has 0 saturated carbocycles. The highest BCUT2D eigenvalue weighted by molar-refractivity contribution is 5.26. The molecule has 4 nitrogen and oxygen atoms in total. The van der Waals surface area contributed by atoms with Gasteiger partial charge in [0.25, 0.3) is 0 Å². The van der Waals surface area contributed by atoms with E-state index >= 15 is 0 Å². The summed E-state index contributed by atoms with van der Waals surface area (Å²) in [6.07, 6.45) is 8.12. The lowest BCUT2D eigenvalue weighted by atomic mass is 10.2. The molecule has 0 radical (unpaired) electrons. The number of hydrogen-bond donors (Lipinski definition) is 1. The van der Waals surface area contributed by atoms with E-state index in [9.17, 15) is 0 Å². The second-order valence-corrected chi connectivity index (χ2v) is 5.14. The highest BCUT2D eigenvalue weighted by atomic mass is 15.0. The van der Waals surface area contributed by atoms with Gasteiger partial charge < -0.3 is 14.5 Å². The number of aromatic nitrogens is 3. The van der Waals surface area contributed by atoms with E-state index in [1.54, 1.807) is 0 Å². The monoisotopic (exact) mass is 260 g/mol. The minimum absolute atomic E-state index is 0.971. The SMILES string of the molecule is Cc1cc(CNCCCCn2ccnc2)c(C)n1C. The average molecular weight is 260 g/mol. The van der Waals surface area contributed by atoms with Crippen LogP contribution >= 0.6 is 0 Å². The third kappa shape index (κ3) is 3.70. The minimum atomic E-state index is 0.971. The molecule has 0 saturated heterocycles. The molecule has 2 rings (SSSR count). The molecule has 0 amide bonds. The molecule has 2 aromatic heterocycles. The quantitative estimate of drug-likeness (QED) is 0.776. The second-order valence-electron chi connectivity index (χ2n) is 5.14. The molecule has 0 aromatic carbocycles. The number of aryl methyl sites for hydroxylation is 2. The van der Waals surface area contributed by atoms with Crippen LogP contribution in [0.25, 0.3) is 0 Å². The summed E-state index contributed by atoms with van der Waals surface area (Å²) in [6.45, 7) is 7.44. The number of nitrogens with zero attached hydrogens (tertiary/aromatic N) is 3. The first-order valence-corrected chi connectivity index (χ1v) is 6.96. The fraction of sp³-hybridized carbons (Fsp3) is 0.533. The zero-order valence-electron chi connectivity index (χ0n) is 12.2. The molecule has 4 heteroatoms. The summed E-state index contributed by atoms with van der Waals surface area (Å²) in [6, 6.07) is 2.27. The molecule has 0 fully saturated rings. The summed E-state index contributed by atoms with van der Waals surface area (Å²) in [7, 11) is 2.12. The molecular weight excluding hydrogens is 236 g/mol. The van der Waals surface area contributed by atoms with E-state index in [1.165, 1.54) is 29.8 Å². The Hall–Kier alpha value is -1.55. The third-order valence-electron chi connectivity index (χ3n) is 3.77. The van der Waals surface area contributed by atoms with E-state index in [0.29, 0.717) is 0 Å². The van der Waals surface area contributed by atoms with Gasteiger partial charge in [0.15, 0.2) is 0 Å². The van der Waals surface area contributed by atoms with Crippen molar-refractivity contribution < 1.29 is 0 Å². The Morgan fingerprint density at radius 1 is 1.26 bits per heavy atom. The van der Waals surface area contributed by atoms with Crippen molar-refractivity contribution in [3.63, 3.8) is 0 Å². The largest absolute Gasteiger partial charge is 0.352 e. The Bertz CT molecular complexity index is 496. The van der Waals surface area contributed by atoms with Crippen LogP contribution in [-0.2, 0) is 20.1 Å². The second kappa shape index (κ2) is 6.57. The molecule has 2 heterocycles. The number of rotatable bonds is 7. The van der Waals surface area contributed by atoms with Gasteiger partial charge in [-0.05, 0) is 44.9 Å². The van der Waals surface area contributed by atoms with Gasteiger partial charge in [0.05, 0.1) is 6.33 Å². The Labute approximate surface area is 115 Å². The molecule has 0 unspecified atom stereocenters. The van der Waals surface area contributed by atoms with Gasteiger partial charge in [-0.2, -0.15) is 0 Å². The highest BCUT2D eigenvalue weighted by Crippen LogP contribution is 2.12. The van der Waals surface area contributed by atoms with Crippen LogP contribution in [0.15, 0.2) is 24.8 Å². The molecule has 1 N–H and O–H groups in total. The molecule has 0 bridgehead atoms. The predicted octanol–water partition coefficient (Wildman–Crippen LogP) is 2.41. The number of hydrogen-bond acceptors (Lipinski definition) is 2. The molecule has 2 aromatic rings. The Morgan fingerprint density at radius 3 is 2.74 bits per heavy atom. The fourth-order valence-corrected chi connectivity index (χ4v) is 2.30. The summed E-state index contributed by atoms with van der Waals surface area (Å²) < 4.78 is 4.38.